The van der Waals surface area contributed by atoms with Gasteiger partial charge >= 0.3 is 0 Å². The summed E-state index contributed by atoms with van der Waals surface area (Å²) in [4.78, 5) is 22.9. The quantitative estimate of drug-likeness (QED) is 0.861. The van der Waals surface area contributed by atoms with Crippen LogP contribution in [0.15, 0.2) is 29.2 Å². The molecule has 6 heteroatoms. The average molecular weight is 331 g/mol. The highest BCUT2D eigenvalue weighted by Gasteiger charge is 2.23. The van der Waals surface area contributed by atoms with Crippen molar-refractivity contribution in [2.45, 2.75) is 19.8 Å². The maximum Gasteiger partial charge on any atom is 0.227 e. The topological polar surface area (TPSA) is 55.3 Å². The third kappa shape index (κ3) is 4.59. The molecule has 5 nitrogen and oxygen atoms in total. The minimum Gasteiger partial charge on any atom is -0.379 e. The van der Waals surface area contributed by atoms with Crippen LogP contribution in [0.2, 0.25) is 0 Å². The van der Waals surface area contributed by atoms with E-state index in [9.17, 15) is 4.79 Å². The van der Waals surface area contributed by atoms with E-state index in [1.54, 1.807) is 17.7 Å². The van der Waals surface area contributed by atoms with E-state index in [1.165, 1.54) is 0 Å². The van der Waals surface area contributed by atoms with Crippen LogP contribution in [0.5, 0.6) is 0 Å². The number of ether oxygens (including phenoxy) is 1. The molecule has 1 amide bonds. The highest BCUT2D eigenvalue weighted by atomic mass is 32.1. The summed E-state index contributed by atoms with van der Waals surface area (Å²) in [6.07, 6.45) is 2.89. The monoisotopic (exact) mass is 331 g/mol. The van der Waals surface area contributed by atoms with E-state index in [4.69, 9.17) is 4.74 Å². The third-order valence-corrected chi connectivity index (χ3v) is 4.72. The second kappa shape index (κ2) is 7.66. The first-order valence-electron chi connectivity index (χ1n) is 7.85. The SMILES string of the molecule is Cc1cc(C[C@H]2COCCN(C(=O)Cc3ccsc3)C2)ncn1. The van der Waals surface area contributed by atoms with Crippen molar-refractivity contribution < 1.29 is 9.53 Å². The van der Waals surface area contributed by atoms with Crippen molar-refractivity contribution in [3.05, 3.63) is 46.2 Å². The van der Waals surface area contributed by atoms with Crippen molar-refractivity contribution in [2.75, 3.05) is 26.3 Å². The first kappa shape index (κ1) is 16.1. The molecule has 1 fully saturated rings. The van der Waals surface area contributed by atoms with Crippen LogP contribution in [0.25, 0.3) is 0 Å². The zero-order valence-corrected chi connectivity index (χ0v) is 14.1. The Hall–Kier alpha value is -1.79. The highest BCUT2D eigenvalue weighted by Crippen LogP contribution is 2.15. The predicted molar refractivity (Wildman–Crippen MR) is 89.4 cm³/mol. The molecule has 0 bridgehead atoms. The molecule has 0 radical (unpaired) electrons. The van der Waals surface area contributed by atoms with Crippen molar-refractivity contribution >= 4 is 17.2 Å². The van der Waals surface area contributed by atoms with E-state index < -0.39 is 0 Å². The van der Waals surface area contributed by atoms with Gasteiger partial charge < -0.3 is 9.64 Å². The summed E-state index contributed by atoms with van der Waals surface area (Å²) in [5, 5.41) is 4.04. The lowest BCUT2D eigenvalue weighted by Crippen LogP contribution is -2.37. The molecule has 1 saturated heterocycles. The molecule has 1 aliphatic rings. The Balaban J connectivity index is 1.62. The number of nitrogens with zero attached hydrogens (tertiary/aromatic N) is 3. The largest absolute Gasteiger partial charge is 0.379 e. The molecule has 1 atom stereocenters. The van der Waals surface area contributed by atoms with Gasteiger partial charge in [0, 0.05) is 30.4 Å². The van der Waals surface area contributed by atoms with E-state index in [0.717, 1.165) is 29.9 Å². The summed E-state index contributed by atoms with van der Waals surface area (Å²) in [5.41, 5.74) is 3.07. The highest BCUT2D eigenvalue weighted by molar-refractivity contribution is 7.07. The summed E-state index contributed by atoms with van der Waals surface area (Å²) >= 11 is 1.63. The van der Waals surface area contributed by atoms with Crippen molar-refractivity contribution in [1.29, 1.82) is 0 Å². The second-order valence-electron chi connectivity index (χ2n) is 5.94. The molecule has 0 saturated carbocycles. The van der Waals surface area contributed by atoms with Crippen LogP contribution < -0.4 is 0 Å². The third-order valence-electron chi connectivity index (χ3n) is 3.98. The summed E-state index contributed by atoms with van der Waals surface area (Å²) < 4.78 is 5.69. The zero-order chi connectivity index (χ0) is 16.1. The van der Waals surface area contributed by atoms with Crippen molar-refractivity contribution in [1.82, 2.24) is 14.9 Å². The standard InChI is InChI=1S/C17H21N3O2S/c1-13-6-16(19-12-18-13)7-15-9-20(3-4-22-10-15)17(21)8-14-2-5-23-11-14/h2,5-6,11-12,15H,3-4,7-10H2,1H3/t15-/m1/s1. The van der Waals surface area contributed by atoms with E-state index in [0.29, 0.717) is 26.2 Å². The van der Waals surface area contributed by atoms with Gasteiger partial charge in [-0.05, 0) is 41.8 Å². The summed E-state index contributed by atoms with van der Waals surface area (Å²) in [7, 11) is 0. The van der Waals surface area contributed by atoms with Gasteiger partial charge in [-0.15, -0.1) is 0 Å². The molecule has 23 heavy (non-hydrogen) atoms. The number of thiophene rings is 1. The zero-order valence-electron chi connectivity index (χ0n) is 13.3. The molecule has 1 aliphatic heterocycles. The fourth-order valence-electron chi connectivity index (χ4n) is 2.83. The van der Waals surface area contributed by atoms with Crippen LogP contribution >= 0.6 is 11.3 Å². The lowest BCUT2D eigenvalue weighted by molar-refractivity contribution is -0.130. The summed E-state index contributed by atoms with van der Waals surface area (Å²) in [6, 6.07) is 4.01. The van der Waals surface area contributed by atoms with Crippen LogP contribution in [0.1, 0.15) is 17.0 Å². The number of rotatable bonds is 4. The molecular formula is C17H21N3O2S. The number of carbonyl (C=O) groups excluding carboxylic acids is 1. The Bertz CT molecular complexity index is 645. The van der Waals surface area contributed by atoms with Gasteiger partial charge in [-0.3, -0.25) is 4.79 Å². The van der Waals surface area contributed by atoms with Gasteiger partial charge in [-0.1, -0.05) is 0 Å². The number of hydrogen-bond acceptors (Lipinski definition) is 5. The Labute approximate surface area is 140 Å². The Morgan fingerprint density at radius 3 is 3.17 bits per heavy atom. The number of aromatic nitrogens is 2. The lowest BCUT2D eigenvalue weighted by atomic mass is 10.0. The lowest BCUT2D eigenvalue weighted by Gasteiger charge is -2.23. The van der Waals surface area contributed by atoms with Crippen LogP contribution in [0.4, 0.5) is 0 Å². The fourth-order valence-corrected chi connectivity index (χ4v) is 3.50. The molecule has 122 valence electrons. The first-order valence-corrected chi connectivity index (χ1v) is 8.79. The maximum absolute atomic E-state index is 12.5. The van der Waals surface area contributed by atoms with Crippen LogP contribution in [-0.4, -0.2) is 47.1 Å². The number of hydrogen-bond donors (Lipinski definition) is 0. The molecule has 2 aromatic heterocycles. The van der Waals surface area contributed by atoms with Gasteiger partial charge in [0.05, 0.1) is 19.6 Å². The normalized spacial score (nSPS) is 18.7. The van der Waals surface area contributed by atoms with E-state index in [-0.39, 0.29) is 11.8 Å². The molecule has 2 aromatic rings. The van der Waals surface area contributed by atoms with Gasteiger partial charge in [0.1, 0.15) is 6.33 Å². The Morgan fingerprint density at radius 1 is 1.48 bits per heavy atom. The fraction of sp³-hybridized carbons (Fsp3) is 0.471. The van der Waals surface area contributed by atoms with Crippen LogP contribution in [0, 0.1) is 12.8 Å². The molecule has 3 heterocycles. The average Bonchev–Trinajstić information content (AvgIpc) is 2.92. The van der Waals surface area contributed by atoms with Gasteiger partial charge in [0.15, 0.2) is 0 Å². The van der Waals surface area contributed by atoms with Crippen molar-refractivity contribution in [3.63, 3.8) is 0 Å². The molecule has 3 rings (SSSR count). The van der Waals surface area contributed by atoms with Gasteiger partial charge in [0.2, 0.25) is 5.91 Å². The van der Waals surface area contributed by atoms with Crippen LogP contribution in [0.3, 0.4) is 0 Å². The van der Waals surface area contributed by atoms with Crippen LogP contribution in [-0.2, 0) is 22.4 Å². The molecular weight excluding hydrogens is 310 g/mol. The minimum atomic E-state index is 0.178. The molecule has 0 aliphatic carbocycles. The van der Waals surface area contributed by atoms with Crippen molar-refractivity contribution in [2.24, 2.45) is 5.92 Å². The maximum atomic E-state index is 12.5. The van der Waals surface area contributed by atoms with E-state index >= 15 is 0 Å². The molecule has 0 unspecified atom stereocenters. The predicted octanol–water partition coefficient (Wildman–Crippen LogP) is 2.11. The summed E-state index contributed by atoms with van der Waals surface area (Å²) in [6.45, 7) is 4.64. The number of aryl methyl sites for hydroxylation is 1. The van der Waals surface area contributed by atoms with Gasteiger partial charge in [0.25, 0.3) is 0 Å². The van der Waals surface area contributed by atoms with E-state index in [2.05, 4.69) is 9.97 Å². The molecule has 0 spiro atoms. The second-order valence-corrected chi connectivity index (χ2v) is 6.72. The Kier molecular flexibility index (Phi) is 5.35. The van der Waals surface area contributed by atoms with Gasteiger partial charge in [-0.25, -0.2) is 9.97 Å². The molecule has 0 N–H and O–H groups in total. The first-order chi connectivity index (χ1) is 11.2. The van der Waals surface area contributed by atoms with Gasteiger partial charge in [-0.2, -0.15) is 11.3 Å². The smallest absolute Gasteiger partial charge is 0.227 e. The minimum absolute atomic E-state index is 0.178. The molecule has 0 aromatic carbocycles. The van der Waals surface area contributed by atoms with Crippen molar-refractivity contribution in [3.8, 4) is 0 Å². The van der Waals surface area contributed by atoms with E-state index in [1.807, 2.05) is 34.7 Å². The number of carbonyl (C=O) groups is 1. The Morgan fingerprint density at radius 2 is 2.39 bits per heavy atom. The number of amides is 1. The summed E-state index contributed by atoms with van der Waals surface area (Å²) in [5.74, 6) is 0.455.